The van der Waals surface area contributed by atoms with Crippen molar-refractivity contribution in [3.05, 3.63) is 12.4 Å². The summed E-state index contributed by atoms with van der Waals surface area (Å²) in [5, 5.41) is 13.7. The fraction of sp³-hybridized carbons (Fsp3) is 0.769. The molecule has 1 saturated carbocycles. The van der Waals surface area contributed by atoms with Crippen LogP contribution in [-0.4, -0.2) is 39.3 Å². The molecule has 2 heterocycles. The number of nitrogens with zero attached hydrogens (tertiary/aromatic N) is 2. The molecule has 0 spiro atoms. The number of rotatable bonds is 2. The van der Waals surface area contributed by atoms with Gasteiger partial charge in [0.25, 0.3) is 0 Å². The SMILES string of the molecule is CC1(C)OB(c2cnn([C@H]3C[C@@H](O)C3)c2)OC1(C)C. The van der Waals surface area contributed by atoms with Gasteiger partial charge in [-0.25, -0.2) is 0 Å². The van der Waals surface area contributed by atoms with Crippen molar-refractivity contribution in [3.63, 3.8) is 0 Å². The van der Waals surface area contributed by atoms with Crippen molar-refractivity contribution in [2.75, 3.05) is 0 Å². The predicted molar refractivity (Wildman–Crippen MR) is 72.2 cm³/mol. The van der Waals surface area contributed by atoms with Crippen LogP contribution in [0, 0.1) is 0 Å². The molecule has 3 rings (SSSR count). The summed E-state index contributed by atoms with van der Waals surface area (Å²) in [5.41, 5.74) is 0.291. The molecule has 0 aromatic carbocycles. The van der Waals surface area contributed by atoms with Crippen molar-refractivity contribution in [1.29, 1.82) is 0 Å². The van der Waals surface area contributed by atoms with Gasteiger partial charge in [-0.05, 0) is 40.5 Å². The Labute approximate surface area is 114 Å². The number of aliphatic hydroxyl groups excluding tert-OH is 1. The first-order valence-corrected chi connectivity index (χ1v) is 6.86. The fourth-order valence-corrected chi connectivity index (χ4v) is 2.43. The second kappa shape index (κ2) is 4.07. The lowest BCUT2D eigenvalue weighted by molar-refractivity contribution is 0.00578. The van der Waals surface area contributed by atoms with Crippen LogP contribution in [-0.2, 0) is 9.31 Å². The van der Waals surface area contributed by atoms with E-state index in [0.717, 1.165) is 18.3 Å². The van der Waals surface area contributed by atoms with Crippen LogP contribution in [0.2, 0.25) is 0 Å². The molecule has 0 amide bonds. The van der Waals surface area contributed by atoms with Gasteiger partial charge in [0, 0.05) is 17.9 Å². The lowest BCUT2D eigenvalue weighted by Crippen LogP contribution is -2.41. The Kier molecular flexibility index (Phi) is 2.82. The maximum atomic E-state index is 9.34. The second-order valence-electron chi connectivity index (χ2n) is 6.62. The van der Waals surface area contributed by atoms with E-state index in [1.807, 2.05) is 38.6 Å². The molecule has 0 radical (unpaired) electrons. The van der Waals surface area contributed by atoms with E-state index in [-0.39, 0.29) is 24.4 Å². The number of hydrogen-bond acceptors (Lipinski definition) is 4. The molecule has 0 atom stereocenters. The van der Waals surface area contributed by atoms with E-state index in [4.69, 9.17) is 9.31 Å². The average Bonchev–Trinajstić information content (AvgIpc) is 2.78. The molecule has 6 heteroatoms. The number of aliphatic hydroxyl groups is 1. The summed E-state index contributed by atoms with van der Waals surface area (Å²) in [6.07, 6.45) is 5.16. The molecule has 1 N–H and O–H groups in total. The number of aromatic nitrogens is 2. The van der Waals surface area contributed by atoms with Gasteiger partial charge in [-0.15, -0.1) is 0 Å². The smallest absolute Gasteiger partial charge is 0.399 e. The van der Waals surface area contributed by atoms with Gasteiger partial charge < -0.3 is 14.4 Å². The molecule has 1 aliphatic carbocycles. The Morgan fingerprint density at radius 2 is 1.84 bits per heavy atom. The third-order valence-corrected chi connectivity index (χ3v) is 4.61. The molecule has 2 aliphatic rings. The van der Waals surface area contributed by atoms with Gasteiger partial charge in [-0.1, -0.05) is 0 Å². The van der Waals surface area contributed by atoms with E-state index >= 15 is 0 Å². The molecular weight excluding hydrogens is 243 g/mol. The summed E-state index contributed by atoms with van der Waals surface area (Å²) in [6, 6.07) is 0.311. The lowest BCUT2D eigenvalue weighted by Gasteiger charge is -2.32. The molecule has 19 heavy (non-hydrogen) atoms. The highest BCUT2D eigenvalue weighted by Gasteiger charge is 2.52. The molecule has 104 valence electrons. The van der Waals surface area contributed by atoms with Crippen LogP contribution in [0.25, 0.3) is 0 Å². The molecule has 2 fully saturated rings. The van der Waals surface area contributed by atoms with Gasteiger partial charge in [0.1, 0.15) is 0 Å². The van der Waals surface area contributed by atoms with Crippen molar-refractivity contribution < 1.29 is 14.4 Å². The van der Waals surface area contributed by atoms with Gasteiger partial charge in [0.15, 0.2) is 0 Å². The zero-order valence-corrected chi connectivity index (χ0v) is 12.0. The first-order valence-electron chi connectivity index (χ1n) is 6.86. The van der Waals surface area contributed by atoms with Crippen LogP contribution >= 0.6 is 0 Å². The maximum absolute atomic E-state index is 9.34. The number of hydrogen-bond donors (Lipinski definition) is 1. The largest absolute Gasteiger partial charge is 0.498 e. The fourth-order valence-electron chi connectivity index (χ4n) is 2.43. The van der Waals surface area contributed by atoms with Gasteiger partial charge in [-0.2, -0.15) is 5.10 Å². The Morgan fingerprint density at radius 1 is 1.26 bits per heavy atom. The third-order valence-electron chi connectivity index (χ3n) is 4.61. The Balaban J connectivity index is 1.74. The van der Waals surface area contributed by atoms with Crippen molar-refractivity contribution >= 4 is 12.6 Å². The molecular formula is C13H21BN2O3. The van der Waals surface area contributed by atoms with Crippen molar-refractivity contribution in [1.82, 2.24) is 9.78 Å². The lowest BCUT2D eigenvalue weighted by atomic mass is 9.81. The Morgan fingerprint density at radius 3 is 2.37 bits per heavy atom. The van der Waals surface area contributed by atoms with Crippen LogP contribution < -0.4 is 5.46 Å². The molecule has 1 aromatic heterocycles. The summed E-state index contributed by atoms with van der Waals surface area (Å²) in [7, 11) is -0.358. The molecule has 0 bridgehead atoms. The Bertz CT molecular complexity index is 464. The van der Waals surface area contributed by atoms with Crippen molar-refractivity contribution in [2.24, 2.45) is 0 Å². The van der Waals surface area contributed by atoms with Gasteiger partial charge in [0.2, 0.25) is 0 Å². The zero-order valence-electron chi connectivity index (χ0n) is 12.0. The summed E-state index contributed by atoms with van der Waals surface area (Å²) >= 11 is 0. The van der Waals surface area contributed by atoms with Gasteiger partial charge in [-0.3, -0.25) is 4.68 Å². The highest BCUT2D eigenvalue weighted by Crippen LogP contribution is 2.36. The topological polar surface area (TPSA) is 56.5 Å². The minimum absolute atomic E-state index is 0.172. The molecule has 1 saturated heterocycles. The summed E-state index contributed by atoms with van der Waals surface area (Å²) in [6.45, 7) is 8.17. The van der Waals surface area contributed by atoms with Crippen LogP contribution in [0.15, 0.2) is 12.4 Å². The highest BCUT2D eigenvalue weighted by molar-refractivity contribution is 6.61. The summed E-state index contributed by atoms with van der Waals surface area (Å²) < 4.78 is 13.9. The van der Waals surface area contributed by atoms with E-state index in [9.17, 15) is 5.11 Å². The second-order valence-corrected chi connectivity index (χ2v) is 6.62. The first kappa shape index (κ1) is 13.2. The van der Waals surface area contributed by atoms with E-state index in [2.05, 4.69) is 5.10 Å². The normalized spacial score (nSPS) is 32.4. The third kappa shape index (κ3) is 2.12. The predicted octanol–water partition coefficient (Wildman–Crippen LogP) is 0.878. The van der Waals surface area contributed by atoms with Crippen molar-refractivity contribution in [3.8, 4) is 0 Å². The summed E-state index contributed by atoms with van der Waals surface area (Å²) in [5.74, 6) is 0. The van der Waals surface area contributed by atoms with Crippen molar-refractivity contribution in [2.45, 2.75) is 63.9 Å². The van der Waals surface area contributed by atoms with Crippen LogP contribution in [0.1, 0.15) is 46.6 Å². The minimum atomic E-state index is -0.358. The standard InChI is InChI=1S/C13H21BN2O3/c1-12(2)13(3,4)19-14(18-12)9-7-15-16(8-9)10-5-11(17)6-10/h7-8,10-11,17H,5-6H2,1-4H3/t10-,11+. The average molecular weight is 264 g/mol. The minimum Gasteiger partial charge on any atom is -0.399 e. The maximum Gasteiger partial charge on any atom is 0.498 e. The first-order chi connectivity index (χ1) is 8.78. The summed E-state index contributed by atoms with van der Waals surface area (Å²) in [4.78, 5) is 0. The molecule has 0 unspecified atom stereocenters. The highest BCUT2D eigenvalue weighted by atomic mass is 16.7. The van der Waals surface area contributed by atoms with Crippen LogP contribution in [0.3, 0.4) is 0 Å². The van der Waals surface area contributed by atoms with E-state index in [1.165, 1.54) is 0 Å². The molecule has 1 aromatic rings. The van der Waals surface area contributed by atoms with Gasteiger partial charge >= 0.3 is 7.12 Å². The van der Waals surface area contributed by atoms with E-state index in [0.29, 0.717) is 6.04 Å². The van der Waals surface area contributed by atoms with Crippen LogP contribution in [0.4, 0.5) is 0 Å². The van der Waals surface area contributed by atoms with Crippen LogP contribution in [0.5, 0.6) is 0 Å². The molecule has 5 nitrogen and oxygen atoms in total. The monoisotopic (exact) mass is 264 g/mol. The van der Waals surface area contributed by atoms with Gasteiger partial charge in [0.05, 0.1) is 23.3 Å². The quantitative estimate of drug-likeness (QED) is 0.805. The van der Waals surface area contributed by atoms with E-state index in [1.54, 1.807) is 6.20 Å². The molecule has 1 aliphatic heterocycles. The Hall–Kier alpha value is -0.845. The van der Waals surface area contributed by atoms with E-state index < -0.39 is 0 Å². The zero-order chi connectivity index (χ0) is 13.8.